The number of hydrogen-bond donors (Lipinski definition) is 2. The number of nitrogens with one attached hydrogen (secondary N) is 1. The number of nitrogens with zero attached hydrogens (tertiary/aromatic N) is 1. The Balaban J connectivity index is 1.99. The van der Waals surface area contributed by atoms with Crippen LogP contribution in [-0.4, -0.2) is 47.8 Å². The molecule has 1 saturated carbocycles. The Labute approximate surface area is 113 Å². The van der Waals surface area contributed by atoms with E-state index in [4.69, 9.17) is 22.7 Å². The van der Waals surface area contributed by atoms with Gasteiger partial charge in [-0.05, 0) is 12.8 Å². The number of rotatable bonds is 2. The van der Waals surface area contributed by atoms with E-state index in [1.807, 2.05) is 0 Å². The molecule has 1 heterocycles. The second-order valence-corrected chi connectivity index (χ2v) is 5.48. The molecule has 0 aromatic heterocycles. The highest BCUT2D eigenvalue weighted by atomic mass is 32.1. The predicted molar refractivity (Wildman–Crippen MR) is 73.5 cm³/mol. The van der Waals surface area contributed by atoms with Crippen molar-refractivity contribution in [3.63, 3.8) is 0 Å². The molecule has 102 valence electrons. The van der Waals surface area contributed by atoms with Crippen LogP contribution < -0.4 is 11.1 Å². The summed E-state index contributed by atoms with van der Waals surface area (Å²) in [6, 6.07) is -0.0620. The number of nitrogens with two attached hydrogens (primary N) is 1. The Morgan fingerprint density at radius 3 is 2.39 bits per heavy atom. The van der Waals surface area contributed by atoms with Gasteiger partial charge in [0.15, 0.2) is 0 Å². The van der Waals surface area contributed by atoms with Gasteiger partial charge in [-0.25, -0.2) is 4.79 Å². The minimum Gasteiger partial charge on any atom is -0.391 e. The maximum Gasteiger partial charge on any atom is 0.318 e. The molecule has 0 bridgehead atoms. The minimum atomic E-state index is -0.469. The Kier molecular flexibility index (Phi) is 4.40. The fourth-order valence-corrected chi connectivity index (χ4v) is 2.89. The molecule has 3 N–H and O–H groups in total. The van der Waals surface area contributed by atoms with Crippen LogP contribution in [0.1, 0.15) is 32.1 Å². The van der Waals surface area contributed by atoms with Crippen LogP contribution in [0.5, 0.6) is 0 Å². The standard InChI is InChI=1S/C12H21N3O2S/c13-10(18)12(4-2-1-3-5-12)14-11(16)15-6-8-17-9-7-15/h1-9H2,(H2,13,18)(H,14,16). The quantitative estimate of drug-likeness (QED) is 0.736. The highest BCUT2D eigenvalue weighted by Crippen LogP contribution is 2.28. The molecule has 18 heavy (non-hydrogen) atoms. The van der Waals surface area contributed by atoms with E-state index >= 15 is 0 Å². The zero-order valence-corrected chi connectivity index (χ0v) is 11.4. The van der Waals surface area contributed by atoms with Crippen LogP contribution in [0.3, 0.4) is 0 Å². The van der Waals surface area contributed by atoms with Crippen LogP contribution in [0, 0.1) is 0 Å². The summed E-state index contributed by atoms with van der Waals surface area (Å²) in [6.45, 7) is 2.49. The van der Waals surface area contributed by atoms with Gasteiger partial charge in [-0.3, -0.25) is 0 Å². The second kappa shape index (κ2) is 5.84. The molecule has 2 rings (SSSR count). The average molecular weight is 271 g/mol. The predicted octanol–water partition coefficient (Wildman–Crippen LogP) is 1.02. The topological polar surface area (TPSA) is 67.6 Å². The average Bonchev–Trinajstić information content (AvgIpc) is 2.40. The lowest BCUT2D eigenvalue weighted by molar-refractivity contribution is 0.0513. The number of hydrogen-bond acceptors (Lipinski definition) is 3. The van der Waals surface area contributed by atoms with E-state index in [1.54, 1.807) is 4.90 Å². The lowest BCUT2D eigenvalue weighted by Gasteiger charge is -2.39. The Morgan fingerprint density at radius 1 is 1.22 bits per heavy atom. The van der Waals surface area contributed by atoms with Gasteiger partial charge in [0.05, 0.1) is 23.7 Å². The van der Waals surface area contributed by atoms with E-state index in [-0.39, 0.29) is 6.03 Å². The summed E-state index contributed by atoms with van der Waals surface area (Å²) in [5.74, 6) is 0. The largest absolute Gasteiger partial charge is 0.391 e. The normalized spacial score (nSPS) is 23.4. The fraction of sp³-hybridized carbons (Fsp3) is 0.833. The third kappa shape index (κ3) is 2.92. The van der Waals surface area contributed by atoms with Crippen LogP contribution in [-0.2, 0) is 4.74 Å². The first-order valence-corrected chi connectivity index (χ1v) is 7.00. The molecule has 0 unspecified atom stereocenters. The first kappa shape index (κ1) is 13.5. The maximum atomic E-state index is 12.2. The number of amides is 2. The summed E-state index contributed by atoms with van der Waals surface area (Å²) in [5, 5.41) is 3.07. The van der Waals surface area contributed by atoms with Gasteiger partial charge in [0.2, 0.25) is 0 Å². The van der Waals surface area contributed by atoms with Gasteiger partial charge in [0.25, 0.3) is 0 Å². The molecule has 2 aliphatic rings. The Hall–Kier alpha value is -0.880. The van der Waals surface area contributed by atoms with E-state index in [1.165, 1.54) is 6.42 Å². The number of carbonyl (C=O) groups is 1. The van der Waals surface area contributed by atoms with E-state index in [0.717, 1.165) is 25.7 Å². The van der Waals surface area contributed by atoms with Crippen molar-refractivity contribution in [3.05, 3.63) is 0 Å². The molecule has 2 amide bonds. The van der Waals surface area contributed by atoms with Crippen molar-refractivity contribution in [2.45, 2.75) is 37.6 Å². The third-order valence-corrected chi connectivity index (χ3v) is 4.21. The maximum absolute atomic E-state index is 12.2. The molecule has 2 fully saturated rings. The number of ether oxygens (including phenoxy) is 1. The van der Waals surface area contributed by atoms with E-state index in [2.05, 4.69) is 5.32 Å². The van der Waals surface area contributed by atoms with Gasteiger partial charge in [0, 0.05) is 13.1 Å². The molecule has 0 aromatic rings. The van der Waals surface area contributed by atoms with Gasteiger partial charge in [-0.15, -0.1) is 0 Å². The van der Waals surface area contributed by atoms with Crippen molar-refractivity contribution in [2.24, 2.45) is 5.73 Å². The van der Waals surface area contributed by atoms with Crippen molar-refractivity contribution in [1.29, 1.82) is 0 Å². The van der Waals surface area contributed by atoms with Gasteiger partial charge in [-0.1, -0.05) is 31.5 Å². The first-order valence-electron chi connectivity index (χ1n) is 6.59. The number of morpholine rings is 1. The molecule has 0 atom stereocenters. The van der Waals surface area contributed by atoms with Gasteiger partial charge in [-0.2, -0.15) is 0 Å². The molecule has 1 aliphatic carbocycles. The van der Waals surface area contributed by atoms with Gasteiger partial charge in [0.1, 0.15) is 0 Å². The van der Waals surface area contributed by atoms with Gasteiger partial charge < -0.3 is 20.7 Å². The first-order chi connectivity index (χ1) is 8.64. The van der Waals surface area contributed by atoms with Crippen molar-refractivity contribution in [3.8, 4) is 0 Å². The summed E-state index contributed by atoms with van der Waals surface area (Å²) < 4.78 is 5.24. The molecule has 0 aromatic carbocycles. The summed E-state index contributed by atoms with van der Waals surface area (Å²) >= 11 is 5.17. The Morgan fingerprint density at radius 2 is 1.83 bits per heavy atom. The van der Waals surface area contributed by atoms with Crippen LogP contribution in [0.2, 0.25) is 0 Å². The number of urea groups is 1. The van der Waals surface area contributed by atoms with E-state index in [0.29, 0.717) is 31.3 Å². The Bertz CT molecular complexity index is 323. The number of thiocarbonyl (C=S) groups is 1. The highest BCUT2D eigenvalue weighted by molar-refractivity contribution is 7.80. The van der Waals surface area contributed by atoms with Crippen LogP contribution in [0.15, 0.2) is 0 Å². The van der Waals surface area contributed by atoms with Crippen molar-refractivity contribution < 1.29 is 9.53 Å². The zero-order chi connectivity index (χ0) is 13.0. The molecule has 5 nitrogen and oxygen atoms in total. The molecule has 1 aliphatic heterocycles. The minimum absolute atomic E-state index is 0.0620. The summed E-state index contributed by atoms with van der Waals surface area (Å²) in [7, 11) is 0. The van der Waals surface area contributed by atoms with E-state index < -0.39 is 5.54 Å². The molecular weight excluding hydrogens is 250 g/mol. The SMILES string of the molecule is NC(=S)C1(NC(=O)N2CCOCC2)CCCCC1. The third-order valence-electron chi connectivity index (χ3n) is 3.82. The molecule has 6 heteroatoms. The molecule has 0 radical (unpaired) electrons. The van der Waals surface area contributed by atoms with Gasteiger partial charge >= 0.3 is 6.03 Å². The fourth-order valence-electron chi connectivity index (χ4n) is 2.64. The van der Waals surface area contributed by atoms with Crippen molar-refractivity contribution >= 4 is 23.2 Å². The van der Waals surface area contributed by atoms with Crippen LogP contribution >= 0.6 is 12.2 Å². The summed E-state index contributed by atoms with van der Waals surface area (Å²) in [5.41, 5.74) is 5.38. The number of carbonyl (C=O) groups excluding carboxylic acids is 1. The second-order valence-electron chi connectivity index (χ2n) is 5.04. The van der Waals surface area contributed by atoms with Crippen LogP contribution in [0.4, 0.5) is 4.79 Å². The molecule has 1 saturated heterocycles. The molecular formula is C12H21N3O2S. The summed E-state index contributed by atoms with van der Waals surface area (Å²) in [4.78, 5) is 14.4. The van der Waals surface area contributed by atoms with Crippen LogP contribution in [0.25, 0.3) is 0 Å². The monoisotopic (exact) mass is 271 g/mol. The lowest BCUT2D eigenvalue weighted by Crippen LogP contribution is -2.61. The summed E-state index contributed by atoms with van der Waals surface area (Å²) in [6.07, 6.45) is 5.05. The van der Waals surface area contributed by atoms with Crippen molar-refractivity contribution in [2.75, 3.05) is 26.3 Å². The lowest BCUT2D eigenvalue weighted by atomic mass is 9.81. The zero-order valence-electron chi connectivity index (χ0n) is 10.6. The highest BCUT2D eigenvalue weighted by Gasteiger charge is 2.37. The smallest absolute Gasteiger partial charge is 0.318 e. The molecule has 0 spiro atoms. The van der Waals surface area contributed by atoms with E-state index in [9.17, 15) is 4.79 Å². The van der Waals surface area contributed by atoms with Crippen molar-refractivity contribution in [1.82, 2.24) is 10.2 Å².